The average molecular weight is 798 g/mol. The third-order valence-electron chi connectivity index (χ3n) is 10.9. The molecule has 1 aromatic carbocycles. The molecule has 3 heterocycles. The molecule has 0 spiro atoms. The third kappa shape index (κ3) is 9.13. The highest BCUT2D eigenvalue weighted by Gasteiger charge is 2.73. The number of aliphatic hydroxyl groups is 1. The van der Waals surface area contributed by atoms with E-state index in [4.69, 9.17) is 35.3 Å². The Morgan fingerprint density at radius 3 is 2.57 bits per heavy atom. The van der Waals surface area contributed by atoms with Gasteiger partial charge in [-0.2, -0.15) is 0 Å². The molecule has 4 bridgehead atoms. The highest BCUT2D eigenvalue weighted by Crippen LogP contribution is 2.58. The minimum atomic E-state index is -1.84. The maximum Gasteiger partial charge on any atom is 0.409 e. The third-order valence-corrected chi connectivity index (χ3v) is 13.1. The molecule has 4 rings (SSSR count). The summed E-state index contributed by atoms with van der Waals surface area (Å²) in [6.45, 7) is 8.83. The lowest BCUT2D eigenvalue weighted by atomic mass is 9.76. The van der Waals surface area contributed by atoms with E-state index in [1.807, 2.05) is 26.2 Å². The first-order valence-corrected chi connectivity index (χ1v) is 20.5. The number of allylic oxidation sites excluding steroid dienone is 3. The molecule has 2 fully saturated rings. The first-order chi connectivity index (χ1) is 24.8. The normalized spacial score (nSPS) is 32.6. The molecule has 0 radical (unpaired) electrons. The molecule has 2 N–H and O–H groups in total. The number of amides is 3. The molecule has 16 heteroatoms. The van der Waals surface area contributed by atoms with E-state index < -0.39 is 65.2 Å². The summed E-state index contributed by atoms with van der Waals surface area (Å²) in [4.78, 5) is 56.6. The first-order valence-electron chi connectivity index (χ1n) is 17.4. The van der Waals surface area contributed by atoms with Gasteiger partial charge in [-0.05, 0) is 58.1 Å². The zero-order chi connectivity index (χ0) is 39.5. The molecular formula is C37H52ClN3O10S2. The molecule has 2 saturated heterocycles. The highest BCUT2D eigenvalue weighted by molar-refractivity contribution is 8.76. The van der Waals surface area contributed by atoms with Crippen molar-refractivity contribution in [2.24, 2.45) is 5.92 Å². The molecule has 3 amide bonds. The van der Waals surface area contributed by atoms with Gasteiger partial charge in [0.05, 0.1) is 19.2 Å². The molecule has 0 aromatic heterocycles. The number of halogens is 1. The molecule has 53 heavy (non-hydrogen) atoms. The van der Waals surface area contributed by atoms with Gasteiger partial charge in [0.25, 0.3) is 0 Å². The number of hydrogen-bond donors (Lipinski definition) is 2. The van der Waals surface area contributed by atoms with Crippen LogP contribution in [-0.4, -0.2) is 115 Å². The van der Waals surface area contributed by atoms with E-state index in [-0.39, 0.29) is 30.2 Å². The maximum atomic E-state index is 14.2. The van der Waals surface area contributed by atoms with Gasteiger partial charge >= 0.3 is 12.1 Å². The Morgan fingerprint density at radius 2 is 1.92 bits per heavy atom. The standard InChI is InChI=1S/C37H52ClN3O10S2/c1-21-12-11-13-28(48-9)37(46)20-27(49-34(45)39-37)22(2)35(4)36(5,51-35)29(50-33(44)23(3)40(6)30(42)14-15-53-52-10)19-31(43)41(7)25-17-24(16-21)18-26(47-8)32(25)38/h11-13,17-18,22-23,27-29,46H,14-16,19-20H2,1-10H3,(H,39,45)/b13-11+,21-12+/t22-,23+,27+,28-,29+,35-,36+,37+/m1/s1. The zero-order valence-electron chi connectivity index (χ0n) is 32.0. The Hall–Kier alpha value is -2.95. The Kier molecular flexibility index (Phi) is 13.9. The van der Waals surface area contributed by atoms with Crippen molar-refractivity contribution in [2.45, 2.75) is 102 Å². The molecule has 0 saturated carbocycles. The number of anilines is 1. The van der Waals surface area contributed by atoms with Crippen molar-refractivity contribution in [1.29, 1.82) is 0 Å². The molecule has 3 aliphatic heterocycles. The number of nitrogens with one attached hydrogen (secondary N) is 1. The van der Waals surface area contributed by atoms with Crippen LogP contribution in [0.4, 0.5) is 10.5 Å². The summed E-state index contributed by atoms with van der Waals surface area (Å²) in [7, 11) is 9.15. The minimum Gasteiger partial charge on any atom is -0.495 e. The SMILES string of the molecule is COc1cc2cc(c1Cl)N(C)C(=O)C[C@H](OC(=O)[C@H](C)N(C)C(=O)CCSSC)[C@]1(C)O[C@]1(C)[C@H](C)[C@@H]1C[C@@](O)(NC(=O)O1)[C@H](OC)/C=C/C=C(\C)C2. The molecule has 1 aromatic rings. The van der Waals surface area contributed by atoms with E-state index in [1.54, 1.807) is 80.7 Å². The van der Waals surface area contributed by atoms with Crippen LogP contribution in [0.25, 0.3) is 0 Å². The zero-order valence-corrected chi connectivity index (χ0v) is 34.4. The summed E-state index contributed by atoms with van der Waals surface area (Å²) in [5.74, 6) is -0.990. The van der Waals surface area contributed by atoms with Crippen LogP contribution in [0.1, 0.15) is 59.4 Å². The van der Waals surface area contributed by atoms with E-state index in [2.05, 4.69) is 5.32 Å². The number of hydrogen-bond acceptors (Lipinski definition) is 12. The van der Waals surface area contributed by atoms with Crippen LogP contribution < -0.4 is 15.0 Å². The van der Waals surface area contributed by atoms with Crippen molar-refractivity contribution in [3.63, 3.8) is 0 Å². The van der Waals surface area contributed by atoms with Gasteiger partial charge in [-0.25, -0.2) is 9.59 Å². The number of esters is 1. The fourth-order valence-electron chi connectivity index (χ4n) is 6.96. The van der Waals surface area contributed by atoms with Gasteiger partial charge < -0.3 is 38.6 Å². The summed E-state index contributed by atoms with van der Waals surface area (Å²) in [6.07, 6.45) is 3.71. The Labute approximate surface area is 324 Å². The molecular weight excluding hydrogens is 746 g/mol. The molecule has 0 unspecified atom stereocenters. The Bertz CT molecular complexity index is 1630. The van der Waals surface area contributed by atoms with Crippen LogP contribution >= 0.6 is 33.2 Å². The van der Waals surface area contributed by atoms with E-state index in [0.29, 0.717) is 23.6 Å². The summed E-state index contributed by atoms with van der Waals surface area (Å²) in [6, 6.07) is 2.63. The lowest BCUT2D eigenvalue weighted by Gasteiger charge is -2.43. The molecule has 3 aliphatic rings. The van der Waals surface area contributed by atoms with Crippen LogP contribution in [0.2, 0.25) is 5.02 Å². The second-order valence-electron chi connectivity index (χ2n) is 14.2. The first kappa shape index (κ1) is 42.8. The second kappa shape index (κ2) is 17.2. The Balaban J connectivity index is 1.78. The molecule has 294 valence electrons. The van der Waals surface area contributed by atoms with Gasteiger partial charge in [0.1, 0.15) is 46.3 Å². The van der Waals surface area contributed by atoms with Gasteiger partial charge in [0.15, 0.2) is 5.72 Å². The number of benzene rings is 1. The number of methoxy groups -OCH3 is 2. The second-order valence-corrected chi connectivity index (χ2v) is 17.2. The summed E-state index contributed by atoms with van der Waals surface area (Å²) < 4.78 is 29.5. The fraction of sp³-hybridized carbons (Fsp3) is 0.622. The lowest BCUT2D eigenvalue weighted by Crippen LogP contribution is -2.64. The predicted molar refractivity (Wildman–Crippen MR) is 206 cm³/mol. The summed E-state index contributed by atoms with van der Waals surface area (Å²) in [5, 5.41) is 14.6. The average Bonchev–Trinajstić information content (AvgIpc) is 3.70. The monoisotopic (exact) mass is 797 g/mol. The Morgan fingerprint density at radius 1 is 1.23 bits per heavy atom. The van der Waals surface area contributed by atoms with Crippen LogP contribution in [-0.2, 0) is 39.8 Å². The number of alkyl carbamates (subject to hydrolysis) is 1. The van der Waals surface area contributed by atoms with E-state index in [9.17, 15) is 24.3 Å². The van der Waals surface area contributed by atoms with Crippen LogP contribution in [0.5, 0.6) is 5.75 Å². The van der Waals surface area contributed by atoms with Crippen molar-refractivity contribution < 1.29 is 48.0 Å². The highest BCUT2D eigenvalue weighted by atomic mass is 35.5. The molecule has 0 aliphatic carbocycles. The topological polar surface area (TPSA) is 156 Å². The van der Waals surface area contributed by atoms with Gasteiger partial charge in [-0.3, -0.25) is 14.9 Å². The molecule has 8 atom stereocenters. The van der Waals surface area contributed by atoms with Crippen molar-refractivity contribution >= 4 is 62.8 Å². The van der Waals surface area contributed by atoms with E-state index in [0.717, 1.165) is 11.1 Å². The number of ether oxygens (including phenoxy) is 5. The van der Waals surface area contributed by atoms with Crippen molar-refractivity contribution in [3.8, 4) is 5.75 Å². The maximum absolute atomic E-state index is 14.2. The number of carbonyl (C=O) groups excluding carboxylic acids is 4. The fourth-order valence-corrected chi connectivity index (χ4v) is 8.44. The van der Waals surface area contributed by atoms with Gasteiger partial charge in [0, 0.05) is 45.7 Å². The minimum absolute atomic E-state index is 0.0600. The number of carbonyl (C=O) groups is 4. The van der Waals surface area contributed by atoms with Crippen molar-refractivity contribution in [3.05, 3.63) is 46.5 Å². The summed E-state index contributed by atoms with van der Waals surface area (Å²) >= 11 is 6.77. The number of epoxide rings is 1. The smallest absolute Gasteiger partial charge is 0.409 e. The number of likely N-dealkylation sites (N-methyl/N-ethyl adjacent to an activating group) is 1. The number of nitrogens with zero attached hydrogens (tertiary/aromatic N) is 2. The van der Waals surface area contributed by atoms with E-state index >= 15 is 0 Å². The van der Waals surface area contributed by atoms with Gasteiger partial charge in [-0.1, -0.05) is 63.9 Å². The van der Waals surface area contributed by atoms with Gasteiger partial charge in [0.2, 0.25) is 11.8 Å². The van der Waals surface area contributed by atoms with Crippen LogP contribution in [0.15, 0.2) is 35.9 Å². The molecule has 13 nitrogen and oxygen atoms in total. The van der Waals surface area contributed by atoms with Crippen molar-refractivity contribution in [1.82, 2.24) is 10.2 Å². The van der Waals surface area contributed by atoms with Gasteiger partial charge in [-0.15, -0.1) is 0 Å². The van der Waals surface area contributed by atoms with Crippen LogP contribution in [0, 0.1) is 5.92 Å². The number of rotatable bonds is 9. The van der Waals surface area contributed by atoms with Crippen molar-refractivity contribution in [2.75, 3.05) is 45.2 Å². The number of fused-ring (bicyclic) bond motifs is 5. The van der Waals surface area contributed by atoms with E-state index in [1.165, 1.54) is 24.0 Å². The summed E-state index contributed by atoms with van der Waals surface area (Å²) in [5.41, 5.74) is -2.08. The lowest BCUT2D eigenvalue weighted by molar-refractivity contribution is -0.162. The van der Waals surface area contributed by atoms with Crippen LogP contribution in [0.3, 0.4) is 0 Å². The predicted octanol–water partition coefficient (Wildman–Crippen LogP) is 5.31. The quantitative estimate of drug-likeness (QED) is 0.144. The largest absolute Gasteiger partial charge is 0.495 e.